The van der Waals surface area contributed by atoms with Gasteiger partial charge in [0.2, 0.25) is 0 Å². The summed E-state index contributed by atoms with van der Waals surface area (Å²) in [5, 5.41) is 53.4. The first kappa shape index (κ1) is 108. The second-order valence-electron chi connectivity index (χ2n) is 34.2. The van der Waals surface area contributed by atoms with Crippen LogP contribution in [-0.2, 0) is 35.4 Å². The van der Waals surface area contributed by atoms with Gasteiger partial charge in [-0.2, -0.15) is 35.1 Å². The van der Waals surface area contributed by atoms with Crippen molar-refractivity contribution < 1.29 is 27.1 Å². The van der Waals surface area contributed by atoms with E-state index in [2.05, 4.69) is 272 Å². The molecule has 0 heterocycles. The van der Waals surface area contributed by atoms with E-state index in [1.54, 1.807) is 36.1 Å². The summed E-state index contributed by atoms with van der Waals surface area (Å²) in [6.45, 7) is -9.37. The first-order valence-electron chi connectivity index (χ1n) is 48.1. The Balaban J connectivity index is 0.657. The lowest BCUT2D eigenvalue weighted by atomic mass is 10.2. The molecule has 0 amide bonds. The second-order valence-corrected chi connectivity index (χ2v) is 55.8. The highest BCUT2D eigenvalue weighted by Crippen LogP contribution is 2.62. The average Bonchev–Trinajstić information content (AvgIpc) is 0.757. The molecule has 0 saturated heterocycles. The molecule has 16 aromatic carbocycles. The van der Waals surface area contributed by atoms with Gasteiger partial charge in [0, 0.05) is 111 Å². The molecule has 32 heteroatoms. The molecule has 0 fully saturated rings. The first-order chi connectivity index (χ1) is 72.3. The Bertz CT molecular complexity index is 6380. The SMILES string of the molecule is CN(CP(c1ccccc1)c1ccccc1)/N=C/c1ccc(OP(=S)(Oc2ccc(/C=N/N(C)CP(c3ccccc3)c3ccccc3)cc2)N(C)/N=C/c2ccc(OP(=S)(N=P(CCNCCN)(c3ccccc3)c3ccccc3)Oc3ccc(/C=N/N(C)P(=S)(Oc4ccc(/C=N/N(C)CP(c5ccccc5)c5ccccc5)cc4)Oc4ccc(/C=N/N(C)CP(c5ccccc5)c5ccccc5)cc4)cc3)cc2)cc1. The lowest BCUT2D eigenvalue weighted by Crippen LogP contribution is -2.29. The van der Waals surface area contributed by atoms with E-state index in [0.29, 0.717) is 71.4 Å². The van der Waals surface area contributed by atoms with Crippen LogP contribution in [0.15, 0.2) is 484 Å². The summed E-state index contributed by atoms with van der Waals surface area (Å²) in [5.41, 5.74) is 11.0. The Labute approximate surface area is 890 Å². The van der Waals surface area contributed by atoms with E-state index in [-0.39, 0.29) is 0 Å². The van der Waals surface area contributed by atoms with Crippen molar-refractivity contribution >= 4 is 184 Å². The van der Waals surface area contributed by atoms with Crippen LogP contribution in [0.4, 0.5) is 0 Å². The van der Waals surface area contributed by atoms with Gasteiger partial charge in [-0.3, -0.25) is 20.0 Å². The lowest BCUT2D eigenvalue weighted by Gasteiger charge is -2.30. The maximum atomic E-state index is 7.16. The molecule has 21 nitrogen and oxygen atoms in total. The Kier molecular flexibility index (Phi) is 39.5. The Morgan fingerprint density at radius 3 is 0.642 bits per heavy atom. The van der Waals surface area contributed by atoms with Gasteiger partial charge in [-0.15, -0.1) is 0 Å². The molecular weight excluding hydrogens is 2040 g/mol. The van der Waals surface area contributed by atoms with Gasteiger partial charge in [-0.25, -0.2) is 9.56 Å². The van der Waals surface area contributed by atoms with E-state index in [9.17, 15) is 0 Å². The van der Waals surface area contributed by atoms with Crippen LogP contribution in [0.3, 0.4) is 0 Å². The molecule has 0 aliphatic carbocycles. The molecular formula is C116H117N15O6P8S3. The minimum absolute atomic E-state index is 0.414. The normalized spacial score (nSPS) is 12.0. The predicted molar refractivity (Wildman–Crippen MR) is 641 cm³/mol. The van der Waals surface area contributed by atoms with Gasteiger partial charge in [0.1, 0.15) is 34.5 Å². The molecule has 0 aliphatic heterocycles. The Morgan fingerprint density at radius 1 is 0.250 bits per heavy atom. The van der Waals surface area contributed by atoms with Crippen molar-refractivity contribution in [1.29, 1.82) is 0 Å². The van der Waals surface area contributed by atoms with Crippen LogP contribution < -0.4 is 91.2 Å². The van der Waals surface area contributed by atoms with Crippen LogP contribution in [0.25, 0.3) is 0 Å². The van der Waals surface area contributed by atoms with Gasteiger partial charge < -0.3 is 38.2 Å². The number of nitrogens with zero attached hydrogens (tertiary/aromatic N) is 13. The van der Waals surface area contributed by atoms with E-state index in [1.165, 1.54) is 42.4 Å². The van der Waals surface area contributed by atoms with Gasteiger partial charge in [-0.05, 0) is 264 Å². The van der Waals surface area contributed by atoms with Crippen molar-refractivity contribution in [3.63, 3.8) is 0 Å². The Morgan fingerprint density at radius 2 is 0.439 bits per heavy atom. The summed E-state index contributed by atoms with van der Waals surface area (Å²) in [6.07, 6.45) is 14.3. The Hall–Kier alpha value is -13.0. The summed E-state index contributed by atoms with van der Waals surface area (Å²) < 4.78 is 50.8. The number of hydrazone groups is 6. The van der Waals surface area contributed by atoms with Crippen molar-refractivity contribution in [2.75, 3.05) is 93.2 Å². The van der Waals surface area contributed by atoms with Crippen LogP contribution in [0, 0.1) is 0 Å². The minimum atomic E-state index is -3.84. The second kappa shape index (κ2) is 54.2. The van der Waals surface area contributed by atoms with E-state index in [1.807, 2.05) is 255 Å². The van der Waals surface area contributed by atoms with Crippen molar-refractivity contribution in [3.8, 4) is 34.5 Å². The van der Waals surface area contributed by atoms with Crippen molar-refractivity contribution in [2.45, 2.75) is 0 Å². The van der Waals surface area contributed by atoms with E-state index < -0.39 is 58.7 Å². The molecule has 16 rings (SSSR count). The average molecular weight is 2160 g/mol. The summed E-state index contributed by atoms with van der Waals surface area (Å²) >= 11 is 20.0. The molecule has 0 bridgehead atoms. The predicted octanol–water partition coefficient (Wildman–Crippen LogP) is 22.5. The van der Waals surface area contributed by atoms with Crippen LogP contribution in [0.2, 0.25) is 0 Å². The monoisotopic (exact) mass is 2160 g/mol. The van der Waals surface area contributed by atoms with Crippen LogP contribution >= 0.6 is 58.7 Å². The van der Waals surface area contributed by atoms with Crippen molar-refractivity contribution in [2.24, 2.45) is 40.9 Å². The summed E-state index contributed by atoms with van der Waals surface area (Å²) in [6, 6.07) is 151. The lowest BCUT2D eigenvalue weighted by molar-refractivity contribution is 0.395. The number of hydrogen-bond donors (Lipinski definition) is 2. The fraction of sp³-hybridized carbons (Fsp3) is 0.121. The molecule has 148 heavy (non-hydrogen) atoms. The van der Waals surface area contributed by atoms with Crippen molar-refractivity contribution in [1.82, 2.24) is 34.9 Å². The van der Waals surface area contributed by atoms with E-state index in [0.717, 1.165) is 58.0 Å². The molecule has 16 aromatic rings. The number of nitrogens with one attached hydrogen (secondary N) is 1. The summed E-state index contributed by atoms with van der Waals surface area (Å²) in [5.74, 6) is 2.74. The zero-order valence-corrected chi connectivity index (χ0v) is 92.6. The third-order valence-corrected chi connectivity index (χ3v) is 46.3. The third kappa shape index (κ3) is 31.3. The minimum Gasteiger partial charge on any atom is -0.420 e. The first-order valence-corrected chi connectivity index (χ1v) is 63.9. The van der Waals surface area contributed by atoms with Crippen LogP contribution in [0.1, 0.15) is 33.4 Å². The standard InChI is InChI=1S/C116H117N15O6P8S3/c1-126(91-138(107-37-17-7-18-38-107)108-39-19-8-20-40-108)119-85-95-61-73-103(74-62-95)134-144(147,135-104-75-63-96(64-76-104)86-120-127(2)92-139(109-41-21-9-22-42-109)110-43-23-10-24-44-110)130(5)123-89-99-57-69-101(70-58-99)132-143(146,125-142(84-83-118-82-81-117,115-53-33-15-34-54-115)116-55-35-16-36-56-116)133-102-71-59-100(60-72-102)90-124-131(6)145(148,136-105-77-65-97(66-78-105)87-121-128(3)93-140(111-45-25-11-26-46-111)112-47-27-12-28-48-112)137-106-79-67-98(68-80-106)88-122-129(4)94-141(113-49-29-13-30-50-113)114-51-31-14-32-52-114/h7-80,85-90,118H,81-84,91-94,117H2,1-6H3/b119-85+,120-86+,121-87+,122-88+,123-89+,124-90+. The fourth-order valence-corrected chi connectivity index (χ4v) is 36.0. The van der Waals surface area contributed by atoms with E-state index >= 15 is 0 Å². The number of rotatable bonds is 50. The highest BCUT2D eigenvalue weighted by atomic mass is 32.5. The molecule has 0 aromatic heterocycles. The maximum Gasteiger partial charge on any atom is 0.413 e. The summed E-state index contributed by atoms with van der Waals surface area (Å²) in [4.78, 5) is 0. The largest absolute Gasteiger partial charge is 0.420 e. The highest BCUT2D eigenvalue weighted by molar-refractivity contribution is 8.11. The van der Waals surface area contributed by atoms with Gasteiger partial charge >= 0.3 is 19.9 Å². The van der Waals surface area contributed by atoms with Gasteiger partial charge in [-0.1, -0.05) is 303 Å². The molecule has 3 N–H and O–H groups in total. The van der Waals surface area contributed by atoms with Crippen molar-refractivity contribution in [3.05, 3.63) is 482 Å². The quantitative estimate of drug-likeness (QED) is 0.0158. The topological polar surface area (TPSA) is 199 Å². The number of hydrogen-bond acceptors (Lipinski definition) is 21. The van der Waals surface area contributed by atoms with Gasteiger partial charge in [0.15, 0.2) is 0 Å². The van der Waals surface area contributed by atoms with Crippen LogP contribution in [-0.4, -0.2) is 160 Å². The zero-order valence-electron chi connectivity index (χ0n) is 83.0. The van der Waals surface area contributed by atoms with Gasteiger partial charge in [0.25, 0.3) is 0 Å². The smallest absolute Gasteiger partial charge is 0.413 e. The fourth-order valence-electron chi connectivity index (χ4n) is 15.5. The van der Waals surface area contributed by atoms with Crippen LogP contribution in [0.5, 0.6) is 34.5 Å². The van der Waals surface area contributed by atoms with Gasteiger partial charge in [0.05, 0.1) is 62.4 Å². The molecule has 0 atom stereocenters. The highest BCUT2D eigenvalue weighted by Gasteiger charge is 2.35. The zero-order chi connectivity index (χ0) is 103. The number of benzene rings is 16. The maximum absolute atomic E-state index is 7.16. The molecule has 0 aliphatic rings. The summed E-state index contributed by atoms with van der Waals surface area (Å²) in [7, 11) is 5.80. The third-order valence-electron chi connectivity index (χ3n) is 23.2. The molecule has 0 spiro atoms. The molecule has 0 unspecified atom stereocenters. The number of nitrogens with two attached hydrogens (primary N) is 1. The van der Waals surface area contributed by atoms with E-state index in [4.69, 9.17) is 103 Å². The molecule has 0 saturated carbocycles. The molecule has 0 radical (unpaired) electrons. The molecule has 750 valence electrons.